The summed E-state index contributed by atoms with van der Waals surface area (Å²) in [6.07, 6.45) is 0. The van der Waals surface area contributed by atoms with Gasteiger partial charge < -0.3 is 9.47 Å². The number of aryl methyl sites for hydroxylation is 2. The highest BCUT2D eigenvalue weighted by Gasteiger charge is 2.10. The molecule has 0 spiro atoms. The lowest BCUT2D eigenvalue weighted by molar-refractivity contribution is 0.334. The van der Waals surface area contributed by atoms with Crippen molar-refractivity contribution in [3.63, 3.8) is 0 Å². The number of benzene rings is 1. The van der Waals surface area contributed by atoms with Gasteiger partial charge in [0.1, 0.15) is 0 Å². The molecule has 0 amide bonds. The second-order valence-electron chi connectivity index (χ2n) is 3.67. The van der Waals surface area contributed by atoms with Crippen molar-refractivity contribution in [1.82, 2.24) is 9.97 Å². The van der Waals surface area contributed by atoms with Gasteiger partial charge in [-0.1, -0.05) is 0 Å². The van der Waals surface area contributed by atoms with E-state index in [4.69, 9.17) is 9.47 Å². The fourth-order valence-corrected chi connectivity index (χ4v) is 1.55. The summed E-state index contributed by atoms with van der Waals surface area (Å²) in [5, 5.41) is 0. The number of hydrogen-bond donors (Lipinski definition) is 0. The van der Waals surface area contributed by atoms with Gasteiger partial charge in [-0.3, -0.25) is 0 Å². The van der Waals surface area contributed by atoms with Crippen molar-refractivity contribution in [2.45, 2.75) is 13.8 Å². The van der Waals surface area contributed by atoms with Crippen molar-refractivity contribution >= 4 is 11.0 Å². The van der Waals surface area contributed by atoms with Gasteiger partial charge in [0, 0.05) is 0 Å². The maximum Gasteiger partial charge on any atom is 0.278 e. The molecule has 0 bridgehead atoms. The van der Waals surface area contributed by atoms with E-state index in [1.165, 1.54) is 11.1 Å². The fraction of sp³-hybridized carbons (Fsp3) is 0.333. The van der Waals surface area contributed by atoms with Crippen LogP contribution in [0.2, 0.25) is 0 Å². The molecule has 84 valence electrons. The highest BCUT2D eigenvalue weighted by molar-refractivity contribution is 5.77. The molecule has 0 aliphatic carbocycles. The summed E-state index contributed by atoms with van der Waals surface area (Å²) in [4.78, 5) is 8.71. The van der Waals surface area contributed by atoms with Gasteiger partial charge in [0.05, 0.1) is 25.3 Å². The summed E-state index contributed by atoms with van der Waals surface area (Å²) in [5.74, 6) is 0.830. The molecule has 0 saturated carbocycles. The number of hydrogen-bond acceptors (Lipinski definition) is 4. The molecular weight excluding hydrogens is 204 g/mol. The first-order chi connectivity index (χ1) is 7.65. The highest BCUT2D eigenvalue weighted by atomic mass is 16.5. The van der Waals surface area contributed by atoms with E-state index >= 15 is 0 Å². The van der Waals surface area contributed by atoms with Gasteiger partial charge >= 0.3 is 0 Å². The zero-order chi connectivity index (χ0) is 11.7. The first kappa shape index (κ1) is 10.7. The smallest absolute Gasteiger partial charge is 0.278 e. The molecule has 0 aliphatic heterocycles. The Balaban J connectivity index is 2.73. The Labute approximate surface area is 94.2 Å². The molecule has 16 heavy (non-hydrogen) atoms. The van der Waals surface area contributed by atoms with Crippen LogP contribution in [0.3, 0.4) is 0 Å². The zero-order valence-electron chi connectivity index (χ0n) is 9.87. The third-order valence-electron chi connectivity index (χ3n) is 2.60. The van der Waals surface area contributed by atoms with Gasteiger partial charge in [0.25, 0.3) is 11.8 Å². The SMILES string of the molecule is COc1nc2cc(C)c(C)cc2nc1OC. The Kier molecular flexibility index (Phi) is 2.64. The molecule has 0 N–H and O–H groups in total. The van der Waals surface area contributed by atoms with Crippen LogP contribution in [0.1, 0.15) is 11.1 Å². The van der Waals surface area contributed by atoms with Gasteiger partial charge in [-0.2, -0.15) is 0 Å². The zero-order valence-corrected chi connectivity index (χ0v) is 9.87. The van der Waals surface area contributed by atoms with Gasteiger partial charge in [-0.25, -0.2) is 9.97 Å². The molecule has 1 heterocycles. The van der Waals surface area contributed by atoms with Gasteiger partial charge in [-0.15, -0.1) is 0 Å². The third-order valence-corrected chi connectivity index (χ3v) is 2.60. The van der Waals surface area contributed by atoms with E-state index in [9.17, 15) is 0 Å². The van der Waals surface area contributed by atoms with Crippen LogP contribution in [-0.2, 0) is 0 Å². The molecule has 0 unspecified atom stereocenters. The molecule has 4 nitrogen and oxygen atoms in total. The summed E-state index contributed by atoms with van der Waals surface area (Å²) < 4.78 is 10.2. The van der Waals surface area contributed by atoms with E-state index in [0.29, 0.717) is 11.8 Å². The van der Waals surface area contributed by atoms with Crippen LogP contribution in [0.5, 0.6) is 11.8 Å². The van der Waals surface area contributed by atoms with Crippen LogP contribution in [0.15, 0.2) is 12.1 Å². The summed E-state index contributed by atoms with van der Waals surface area (Å²) in [6, 6.07) is 4.00. The quantitative estimate of drug-likeness (QED) is 0.775. The largest absolute Gasteiger partial charge is 0.477 e. The summed E-state index contributed by atoms with van der Waals surface area (Å²) in [6.45, 7) is 4.10. The number of methoxy groups -OCH3 is 2. The standard InChI is InChI=1S/C12H14N2O2/c1-7-5-9-10(6-8(7)2)14-12(16-4)11(13-9)15-3/h5-6H,1-4H3. The lowest BCUT2D eigenvalue weighted by atomic mass is 10.1. The number of aromatic nitrogens is 2. The molecule has 0 atom stereocenters. The summed E-state index contributed by atoms with van der Waals surface area (Å²) >= 11 is 0. The first-order valence-electron chi connectivity index (χ1n) is 5.02. The van der Waals surface area contributed by atoms with Crippen molar-refractivity contribution < 1.29 is 9.47 Å². The van der Waals surface area contributed by atoms with E-state index in [2.05, 4.69) is 9.97 Å². The monoisotopic (exact) mass is 218 g/mol. The number of ether oxygens (including phenoxy) is 2. The molecule has 0 fully saturated rings. The van der Waals surface area contributed by atoms with E-state index in [0.717, 1.165) is 11.0 Å². The lowest BCUT2D eigenvalue weighted by Gasteiger charge is -2.08. The number of fused-ring (bicyclic) bond motifs is 1. The molecule has 0 radical (unpaired) electrons. The van der Waals surface area contributed by atoms with Gasteiger partial charge in [0.15, 0.2) is 0 Å². The predicted molar refractivity (Wildman–Crippen MR) is 62.1 cm³/mol. The summed E-state index contributed by atoms with van der Waals surface area (Å²) in [7, 11) is 3.11. The number of nitrogens with zero attached hydrogens (tertiary/aromatic N) is 2. The van der Waals surface area contributed by atoms with Gasteiger partial charge in [-0.05, 0) is 37.1 Å². The molecule has 2 rings (SSSR count). The molecule has 4 heteroatoms. The molecule has 0 saturated heterocycles. The van der Waals surface area contributed by atoms with Crippen LogP contribution in [-0.4, -0.2) is 24.2 Å². The predicted octanol–water partition coefficient (Wildman–Crippen LogP) is 2.26. The maximum atomic E-state index is 5.12. The van der Waals surface area contributed by atoms with E-state index in [1.807, 2.05) is 26.0 Å². The molecular formula is C12H14N2O2. The van der Waals surface area contributed by atoms with Crippen molar-refractivity contribution in [2.75, 3.05) is 14.2 Å². The van der Waals surface area contributed by atoms with Crippen LogP contribution < -0.4 is 9.47 Å². The Morgan fingerprint density at radius 1 is 0.812 bits per heavy atom. The molecule has 1 aromatic heterocycles. The van der Waals surface area contributed by atoms with E-state index in [-0.39, 0.29) is 0 Å². The van der Waals surface area contributed by atoms with Crippen molar-refractivity contribution in [3.8, 4) is 11.8 Å². The normalized spacial score (nSPS) is 10.5. The van der Waals surface area contributed by atoms with Gasteiger partial charge in [0.2, 0.25) is 0 Å². The second kappa shape index (κ2) is 3.96. The highest BCUT2D eigenvalue weighted by Crippen LogP contribution is 2.26. The third kappa shape index (κ3) is 1.66. The Hall–Kier alpha value is -1.84. The van der Waals surface area contributed by atoms with Crippen molar-refractivity contribution in [3.05, 3.63) is 23.3 Å². The average molecular weight is 218 g/mol. The van der Waals surface area contributed by atoms with Crippen LogP contribution in [0, 0.1) is 13.8 Å². The fourth-order valence-electron chi connectivity index (χ4n) is 1.55. The summed E-state index contributed by atoms with van der Waals surface area (Å²) in [5.41, 5.74) is 4.02. The minimum Gasteiger partial charge on any atom is -0.477 e. The molecule has 2 aromatic rings. The minimum atomic E-state index is 0.415. The average Bonchev–Trinajstić information content (AvgIpc) is 2.29. The van der Waals surface area contributed by atoms with Crippen molar-refractivity contribution in [1.29, 1.82) is 0 Å². The maximum absolute atomic E-state index is 5.12. The van der Waals surface area contributed by atoms with E-state index in [1.54, 1.807) is 14.2 Å². The minimum absolute atomic E-state index is 0.415. The first-order valence-corrected chi connectivity index (χ1v) is 5.02. The molecule has 1 aromatic carbocycles. The Morgan fingerprint density at radius 2 is 1.19 bits per heavy atom. The topological polar surface area (TPSA) is 44.2 Å². The van der Waals surface area contributed by atoms with E-state index < -0.39 is 0 Å². The Morgan fingerprint density at radius 3 is 1.50 bits per heavy atom. The van der Waals surface area contributed by atoms with Crippen LogP contribution >= 0.6 is 0 Å². The Bertz CT molecular complexity index is 490. The second-order valence-corrected chi connectivity index (χ2v) is 3.67. The number of rotatable bonds is 2. The van der Waals surface area contributed by atoms with Crippen LogP contribution in [0.25, 0.3) is 11.0 Å². The van der Waals surface area contributed by atoms with Crippen molar-refractivity contribution in [2.24, 2.45) is 0 Å². The molecule has 0 aliphatic rings. The van der Waals surface area contributed by atoms with Crippen LogP contribution in [0.4, 0.5) is 0 Å². The lowest BCUT2D eigenvalue weighted by Crippen LogP contribution is -1.98.